The highest BCUT2D eigenvalue weighted by Gasteiger charge is 2.17. The topological polar surface area (TPSA) is 109 Å². The summed E-state index contributed by atoms with van der Waals surface area (Å²) in [5.74, 6) is 0.193. The molecule has 0 amide bonds. The normalized spacial score (nSPS) is 10.9. The fourth-order valence-corrected chi connectivity index (χ4v) is 3.44. The van der Waals surface area contributed by atoms with Crippen LogP contribution < -0.4 is 10.5 Å². The molecule has 0 radical (unpaired) electrons. The van der Waals surface area contributed by atoms with Gasteiger partial charge in [-0.15, -0.1) is 11.3 Å². The van der Waals surface area contributed by atoms with Crippen LogP contribution in [0.5, 0.6) is 0 Å². The second-order valence-corrected chi connectivity index (χ2v) is 6.76. The van der Waals surface area contributed by atoms with Crippen LogP contribution in [0.1, 0.15) is 10.4 Å². The van der Waals surface area contributed by atoms with Gasteiger partial charge in [-0.05, 0) is 30.7 Å². The van der Waals surface area contributed by atoms with E-state index >= 15 is 0 Å². The van der Waals surface area contributed by atoms with Gasteiger partial charge in [-0.1, -0.05) is 0 Å². The molecule has 98 valence electrons. The van der Waals surface area contributed by atoms with Gasteiger partial charge in [-0.3, -0.25) is 4.72 Å². The first-order valence-electron chi connectivity index (χ1n) is 5.17. The molecule has 0 saturated carbocycles. The molecule has 0 aliphatic rings. The van der Waals surface area contributed by atoms with E-state index in [1.165, 1.54) is 18.3 Å². The molecule has 3 N–H and O–H groups in total. The Balaban J connectivity index is 2.31. The van der Waals surface area contributed by atoms with E-state index in [9.17, 15) is 8.42 Å². The lowest BCUT2D eigenvalue weighted by Gasteiger charge is -2.07. The minimum Gasteiger partial charge on any atom is -0.397 e. The fourth-order valence-electron chi connectivity index (χ4n) is 1.34. The summed E-state index contributed by atoms with van der Waals surface area (Å²) in [5.41, 5.74) is 6.84. The first-order valence-corrected chi connectivity index (χ1v) is 7.47. The van der Waals surface area contributed by atoms with Crippen molar-refractivity contribution in [1.82, 2.24) is 4.98 Å². The molecule has 19 heavy (non-hydrogen) atoms. The molecule has 2 heterocycles. The Morgan fingerprint density at radius 2 is 2.21 bits per heavy atom. The molecule has 0 fully saturated rings. The molecular formula is C11H10N4O2S2. The van der Waals surface area contributed by atoms with Crippen molar-refractivity contribution in [3.05, 3.63) is 34.8 Å². The van der Waals surface area contributed by atoms with Crippen molar-refractivity contribution in [1.29, 1.82) is 5.26 Å². The fraction of sp³-hybridized carbons (Fsp3) is 0.0909. The van der Waals surface area contributed by atoms with Gasteiger partial charge in [0.05, 0.1) is 11.9 Å². The molecular weight excluding hydrogens is 284 g/mol. The number of hydrogen-bond donors (Lipinski definition) is 2. The van der Waals surface area contributed by atoms with Crippen molar-refractivity contribution in [3.8, 4) is 6.07 Å². The number of anilines is 2. The minimum absolute atomic E-state index is 0.0697. The number of nitrogens with two attached hydrogens (primary N) is 1. The summed E-state index contributed by atoms with van der Waals surface area (Å²) in [6.45, 7) is 1.76. The number of rotatable bonds is 3. The zero-order valence-corrected chi connectivity index (χ0v) is 11.5. The van der Waals surface area contributed by atoms with E-state index in [4.69, 9.17) is 11.0 Å². The molecule has 0 saturated heterocycles. The SMILES string of the molecule is Cc1cc(NS(=O)(=O)c2ccc(C#N)s2)ncc1N. The van der Waals surface area contributed by atoms with E-state index in [0.29, 0.717) is 10.6 Å². The highest BCUT2D eigenvalue weighted by molar-refractivity contribution is 7.94. The molecule has 0 aromatic carbocycles. The largest absolute Gasteiger partial charge is 0.397 e. The van der Waals surface area contributed by atoms with Crippen molar-refractivity contribution >= 4 is 32.9 Å². The number of hydrogen-bond acceptors (Lipinski definition) is 6. The first-order chi connectivity index (χ1) is 8.92. The van der Waals surface area contributed by atoms with Crippen LogP contribution in [-0.4, -0.2) is 13.4 Å². The summed E-state index contributed by atoms with van der Waals surface area (Å²) >= 11 is 0.902. The van der Waals surface area contributed by atoms with Crippen LogP contribution in [0.4, 0.5) is 11.5 Å². The molecule has 0 unspecified atom stereocenters. The van der Waals surface area contributed by atoms with Crippen LogP contribution in [-0.2, 0) is 10.0 Å². The summed E-state index contributed by atoms with van der Waals surface area (Å²) in [4.78, 5) is 4.24. The number of nitriles is 1. The summed E-state index contributed by atoms with van der Waals surface area (Å²) in [5, 5.41) is 8.69. The Morgan fingerprint density at radius 1 is 1.47 bits per heavy atom. The Bertz CT molecular complexity index is 759. The average Bonchev–Trinajstić information content (AvgIpc) is 2.83. The maximum Gasteiger partial charge on any atom is 0.272 e. The van der Waals surface area contributed by atoms with Gasteiger partial charge in [0, 0.05) is 0 Å². The molecule has 2 rings (SSSR count). The highest BCUT2D eigenvalue weighted by atomic mass is 32.2. The summed E-state index contributed by atoms with van der Waals surface area (Å²) < 4.78 is 26.5. The quantitative estimate of drug-likeness (QED) is 0.895. The molecule has 0 atom stereocenters. The van der Waals surface area contributed by atoms with E-state index in [1.54, 1.807) is 13.0 Å². The summed E-state index contributed by atoms with van der Waals surface area (Å²) in [7, 11) is -3.72. The van der Waals surface area contributed by atoms with Gasteiger partial charge in [0.2, 0.25) is 0 Å². The van der Waals surface area contributed by atoms with Gasteiger partial charge in [-0.25, -0.2) is 13.4 Å². The average molecular weight is 294 g/mol. The second kappa shape index (κ2) is 4.87. The van der Waals surface area contributed by atoms with Crippen LogP contribution in [0.15, 0.2) is 28.6 Å². The van der Waals surface area contributed by atoms with Crippen LogP contribution in [0.25, 0.3) is 0 Å². The zero-order chi connectivity index (χ0) is 14.0. The third-order valence-electron chi connectivity index (χ3n) is 2.35. The maximum atomic E-state index is 12.0. The van der Waals surface area contributed by atoms with E-state index in [-0.39, 0.29) is 10.0 Å². The Morgan fingerprint density at radius 3 is 2.79 bits per heavy atom. The molecule has 6 nitrogen and oxygen atoms in total. The summed E-state index contributed by atoms with van der Waals surface area (Å²) in [6, 6.07) is 6.29. The number of aromatic nitrogens is 1. The van der Waals surface area contributed by atoms with Crippen LogP contribution >= 0.6 is 11.3 Å². The lowest BCUT2D eigenvalue weighted by atomic mass is 10.2. The lowest BCUT2D eigenvalue weighted by molar-refractivity contribution is 0.603. The Labute approximate surface area is 114 Å². The molecule has 2 aromatic rings. The third kappa shape index (κ3) is 2.83. The van der Waals surface area contributed by atoms with Crippen molar-refractivity contribution in [3.63, 3.8) is 0 Å². The van der Waals surface area contributed by atoms with Crippen LogP contribution in [0.3, 0.4) is 0 Å². The van der Waals surface area contributed by atoms with E-state index in [1.807, 2.05) is 6.07 Å². The molecule has 0 spiro atoms. The molecule has 0 bridgehead atoms. The number of nitrogens with zero attached hydrogens (tertiary/aromatic N) is 2. The lowest BCUT2D eigenvalue weighted by Crippen LogP contribution is -2.12. The van der Waals surface area contributed by atoms with E-state index in [0.717, 1.165) is 16.9 Å². The number of sulfonamides is 1. The van der Waals surface area contributed by atoms with E-state index in [2.05, 4.69) is 9.71 Å². The monoisotopic (exact) mass is 294 g/mol. The number of nitrogen functional groups attached to an aromatic ring is 1. The van der Waals surface area contributed by atoms with Crippen LogP contribution in [0.2, 0.25) is 0 Å². The zero-order valence-electron chi connectivity index (χ0n) is 9.91. The standard InChI is InChI=1S/C11H10N4O2S2/c1-7-4-10(14-6-9(7)13)15-19(16,17)11-3-2-8(5-12)18-11/h2-4,6H,13H2,1H3,(H,14,15). The summed E-state index contributed by atoms with van der Waals surface area (Å²) in [6.07, 6.45) is 1.39. The van der Waals surface area contributed by atoms with Gasteiger partial charge in [-0.2, -0.15) is 5.26 Å². The van der Waals surface area contributed by atoms with Crippen molar-refractivity contribution < 1.29 is 8.42 Å². The second-order valence-electron chi connectivity index (χ2n) is 3.76. The Hall–Kier alpha value is -2.11. The smallest absolute Gasteiger partial charge is 0.272 e. The van der Waals surface area contributed by atoms with Crippen LogP contribution in [0, 0.1) is 18.3 Å². The molecule has 2 aromatic heterocycles. The molecule has 8 heteroatoms. The number of aryl methyl sites for hydroxylation is 1. The van der Waals surface area contributed by atoms with Crippen molar-refractivity contribution in [2.24, 2.45) is 0 Å². The van der Waals surface area contributed by atoms with Gasteiger partial charge < -0.3 is 5.73 Å². The number of nitrogens with one attached hydrogen (secondary N) is 1. The maximum absolute atomic E-state index is 12.0. The van der Waals surface area contributed by atoms with Crippen molar-refractivity contribution in [2.75, 3.05) is 10.5 Å². The molecule has 0 aliphatic heterocycles. The van der Waals surface area contributed by atoms with Gasteiger partial charge in [0.1, 0.15) is 21.0 Å². The van der Waals surface area contributed by atoms with Crippen molar-refractivity contribution in [2.45, 2.75) is 11.1 Å². The van der Waals surface area contributed by atoms with Gasteiger partial charge >= 0.3 is 0 Å². The molecule has 0 aliphatic carbocycles. The third-order valence-corrected chi connectivity index (χ3v) is 5.18. The highest BCUT2D eigenvalue weighted by Crippen LogP contribution is 2.23. The predicted molar refractivity (Wildman–Crippen MR) is 73.2 cm³/mol. The number of pyridine rings is 1. The predicted octanol–water partition coefficient (Wildman–Crippen LogP) is 1.71. The first kappa shape index (κ1) is 13.3. The minimum atomic E-state index is -3.72. The Kier molecular flexibility index (Phi) is 3.42. The van der Waals surface area contributed by atoms with Gasteiger partial charge in [0.25, 0.3) is 10.0 Å². The number of thiophene rings is 1. The van der Waals surface area contributed by atoms with Gasteiger partial charge in [0.15, 0.2) is 0 Å². The van der Waals surface area contributed by atoms with E-state index < -0.39 is 10.0 Å².